The molecule has 1 aliphatic heterocycles. The molecule has 180 valence electrons. The average Bonchev–Trinajstić information content (AvgIpc) is 3.54. The fourth-order valence-corrected chi connectivity index (χ4v) is 3.18. The number of aromatic nitrogens is 2. The molecule has 13 heteroatoms. The van der Waals surface area contributed by atoms with E-state index in [1.807, 2.05) is 6.92 Å². The zero-order valence-corrected chi connectivity index (χ0v) is 20.3. The van der Waals surface area contributed by atoms with Crippen molar-refractivity contribution in [3.63, 3.8) is 0 Å². The molecule has 0 bridgehead atoms. The van der Waals surface area contributed by atoms with Crippen LogP contribution in [0.25, 0.3) is 0 Å². The van der Waals surface area contributed by atoms with Crippen LogP contribution >= 0.6 is 24.0 Å². The Morgan fingerprint density at radius 2 is 1.97 bits per heavy atom. The van der Waals surface area contributed by atoms with Crippen LogP contribution in [0.15, 0.2) is 17.3 Å². The van der Waals surface area contributed by atoms with E-state index in [0.717, 1.165) is 57.2 Å². The van der Waals surface area contributed by atoms with Gasteiger partial charge in [0.1, 0.15) is 5.69 Å². The Morgan fingerprint density at radius 3 is 2.59 bits per heavy atom. The van der Waals surface area contributed by atoms with Crippen LogP contribution in [0.4, 0.5) is 19.1 Å². The molecule has 2 heterocycles. The summed E-state index contributed by atoms with van der Waals surface area (Å²) >= 11 is 0. The van der Waals surface area contributed by atoms with Gasteiger partial charge < -0.3 is 20.9 Å². The van der Waals surface area contributed by atoms with E-state index in [1.165, 1.54) is 0 Å². The van der Waals surface area contributed by atoms with Gasteiger partial charge in [-0.15, -0.1) is 24.0 Å². The van der Waals surface area contributed by atoms with Gasteiger partial charge in [-0.2, -0.15) is 13.2 Å². The van der Waals surface area contributed by atoms with Gasteiger partial charge in [0.15, 0.2) is 5.96 Å². The molecule has 1 aromatic heterocycles. The van der Waals surface area contributed by atoms with Crippen molar-refractivity contribution in [2.75, 3.05) is 57.7 Å². The minimum Gasteiger partial charge on any atom is -0.357 e. The van der Waals surface area contributed by atoms with E-state index in [4.69, 9.17) is 0 Å². The topological polar surface area (TPSA) is 97.8 Å². The summed E-state index contributed by atoms with van der Waals surface area (Å²) in [6.07, 6.45) is -1.26. The van der Waals surface area contributed by atoms with Crippen LogP contribution in [-0.2, 0) is 11.0 Å². The minimum absolute atomic E-state index is 0. The van der Waals surface area contributed by atoms with E-state index in [1.54, 1.807) is 0 Å². The van der Waals surface area contributed by atoms with Gasteiger partial charge >= 0.3 is 6.18 Å². The molecule has 1 amide bonds. The van der Waals surface area contributed by atoms with Crippen molar-refractivity contribution in [2.24, 2.45) is 4.99 Å². The van der Waals surface area contributed by atoms with Crippen molar-refractivity contribution in [3.05, 3.63) is 18.0 Å². The summed E-state index contributed by atoms with van der Waals surface area (Å²) in [6.45, 7) is 6.76. The predicted molar refractivity (Wildman–Crippen MR) is 126 cm³/mol. The van der Waals surface area contributed by atoms with E-state index in [2.05, 4.69) is 40.7 Å². The molecule has 1 saturated heterocycles. The van der Waals surface area contributed by atoms with Gasteiger partial charge in [0.05, 0.1) is 13.1 Å². The number of nitrogens with zero attached hydrogens (tertiary/aromatic N) is 5. The van der Waals surface area contributed by atoms with E-state index >= 15 is 0 Å². The smallest absolute Gasteiger partial charge is 0.357 e. The number of guanidine groups is 1. The third kappa shape index (κ3) is 8.56. The number of anilines is 1. The van der Waals surface area contributed by atoms with Crippen molar-refractivity contribution in [3.8, 4) is 0 Å². The van der Waals surface area contributed by atoms with Crippen molar-refractivity contribution in [2.45, 2.75) is 32.0 Å². The number of hydrogen-bond donors (Lipinski definition) is 3. The van der Waals surface area contributed by atoms with E-state index in [9.17, 15) is 18.0 Å². The zero-order valence-electron chi connectivity index (χ0n) is 18.0. The molecule has 0 atom stereocenters. The second-order valence-electron chi connectivity index (χ2n) is 7.53. The molecule has 32 heavy (non-hydrogen) atoms. The van der Waals surface area contributed by atoms with E-state index in [0.29, 0.717) is 32.2 Å². The molecule has 2 aliphatic rings. The van der Waals surface area contributed by atoms with Crippen LogP contribution in [-0.4, -0.2) is 90.0 Å². The molecule has 0 unspecified atom stereocenters. The first-order chi connectivity index (χ1) is 14.8. The van der Waals surface area contributed by atoms with Gasteiger partial charge in [-0.3, -0.25) is 14.7 Å². The van der Waals surface area contributed by atoms with Gasteiger partial charge in [0, 0.05) is 51.5 Å². The molecule has 3 rings (SSSR count). The largest absolute Gasteiger partial charge is 0.433 e. The second kappa shape index (κ2) is 12.4. The zero-order chi connectivity index (χ0) is 22.3. The van der Waals surface area contributed by atoms with Crippen LogP contribution < -0.4 is 16.0 Å². The van der Waals surface area contributed by atoms with Crippen LogP contribution in [0, 0.1) is 0 Å². The lowest BCUT2D eigenvalue weighted by Gasteiger charge is -2.36. The monoisotopic (exact) mass is 570 g/mol. The number of nitrogens with one attached hydrogen (secondary N) is 3. The third-order valence-corrected chi connectivity index (χ3v) is 4.92. The SMILES string of the molecule is CCNC(=NCCNc1nccc(C(F)(F)F)n1)N1CCN(CC(=O)NC2CC2)CC1.I. The van der Waals surface area contributed by atoms with Crippen molar-refractivity contribution < 1.29 is 18.0 Å². The van der Waals surface area contributed by atoms with Gasteiger partial charge in [-0.1, -0.05) is 0 Å². The van der Waals surface area contributed by atoms with Gasteiger partial charge in [0.25, 0.3) is 0 Å². The lowest BCUT2D eigenvalue weighted by molar-refractivity contribution is -0.141. The second-order valence-corrected chi connectivity index (χ2v) is 7.53. The Bertz CT molecular complexity index is 767. The molecule has 1 aromatic rings. The summed E-state index contributed by atoms with van der Waals surface area (Å²) in [7, 11) is 0. The summed E-state index contributed by atoms with van der Waals surface area (Å²) in [5, 5.41) is 9.02. The lowest BCUT2D eigenvalue weighted by Crippen LogP contribution is -2.54. The first-order valence-electron chi connectivity index (χ1n) is 10.5. The summed E-state index contributed by atoms with van der Waals surface area (Å²) < 4.78 is 38.2. The molecule has 0 radical (unpaired) electrons. The highest BCUT2D eigenvalue weighted by Gasteiger charge is 2.32. The highest BCUT2D eigenvalue weighted by Crippen LogP contribution is 2.27. The Morgan fingerprint density at radius 1 is 1.25 bits per heavy atom. The number of carbonyl (C=O) groups is 1. The maximum absolute atomic E-state index is 12.7. The van der Waals surface area contributed by atoms with Crippen molar-refractivity contribution in [1.82, 2.24) is 30.4 Å². The highest BCUT2D eigenvalue weighted by atomic mass is 127. The van der Waals surface area contributed by atoms with Gasteiger partial charge in [-0.25, -0.2) is 9.97 Å². The van der Waals surface area contributed by atoms with Crippen LogP contribution in [0.1, 0.15) is 25.5 Å². The summed E-state index contributed by atoms with van der Waals surface area (Å²) in [5.41, 5.74) is -0.981. The number of piperazine rings is 1. The summed E-state index contributed by atoms with van der Waals surface area (Å²) in [6, 6.07) is 1.21. The molecule has 9 nitrogen and oxygen atoms in total. The fourth-order valence-electron chi connectivity index (χ4n) is 3.18. The Labute approximate surface area is 202 Å². The fraction of sp³-hybridized carbons (Fsp3) is 0.684. The number of amides is 1. The summed E-state index contributed by atoms with van der Waals surface area (Å²) in [4.78, 5) is 28.1. The number of halogens is 4. The predicted octanol–water partition coefficient (Wildman–Crippen LogP) is 1.39. The first-order valence-corrected chi connectivity index (χ1v) is 10.5. The van der Waals surface area contributed by atoms with Crippen LogP contribution in [0.5, 0.6) is 0 Å². The normalized spacial score (nSPS) is 17.5. The van der Waals surface area contributed by atoms with Crippen LogP contribution in [0.2, 0.25) is 0 Å². The lowest BCUT2D eigenvalue weighted by atomic mass is 10.3. The maximum atomic E-state index is 12.7. The number of rotatable bonds is 8. The van der Waals surface area contributed by atoms with Gasteiger partial charge in [-0.05, 0) is 25.8 Å². The highest BCUT2D eigenvalue weighted by molar-refractivity contribution is 14.0. The van der Waals surface area contributed by atoms with E-state index < -0.39 is 11.9 Å². The van der Waals surface area contributed by atoms with Crippen molar-refractivity contribution in [1.29, 1.82) is 0 Å². The van der Waals surface area contributed by atoms with Crippen LogP contribution in [0.3, 0.4) is 0 Å². The minimum atomic E-state index is -4.50. The molecule has 0 spiro atoms. The number of carbonyl (C=O) groups excluding carboxylic acids is 1. The molecule has 2 fully saturated rings. The molecular formula is C19H30F3IN8O. The standard InChI is InChI=1S/C19H29F3N8O.HI/c1-2-23-18(26-8-7-25-17-24-6-5-15(28-17)19(20,21)22)30-11-9-29(10-12-30)13-16(31)27-14-3-4-14;/h5-6,14H,2-4,7-13H2,1H3,(H,23,26)(H,27,31)(H,24,25,28);1H. The number of hydrogen-bond acceptors (Lipinski definition) is 6. The Hall–Kier alpha value is -1.90. The molecule has 3 N–H and O–H groups in total. The third-order valence-electron chi connectivity index (χ3n) is 4.92. The molecule has 0 aromatic carbocycles. The molecule has 1 aliphatic carbocycles. The Kier molecular flexibility index (Phi) is 10.2. The Balaban J connectivity index is 0.00000363. The molecular weight excluding hydrogens is 540 g/mol. The average molecular weight is 570 g/mol. The maximum Gasteiger partial charge on any atom is 0.433 e. The first kappa shape index (κ1) is 26.4. The quantitative estimate of drug-likeness (QED) is 0.188. The van der Waals surface area contributed by atoms with Gasteiger partial charge in [0.2, 0.25) is 11.9 Å². The molecule has 1 saturated carbocycles. The van der Waals surface area contributed by atoms with E-state index in [-0.39, 0.29) is 35.8 Å². The number of aliphatic imine (C=N–C) groups is 1. The summed E-state index contributed by atoms with van der Waals surface area (Å²) in [5.74, 6) is 0.754. The van der Waals surface area contributed by atoms with Crippen molar-refractivity contribution >= 4 is 41.8 Å². The number of alkyl halides is 3.